The number of nitrogens with zero attached hydrogens (tertiary/aromatic N) is 3. The smallest absolute Gasteiger partial charge is 0.287 e. The molecule has 0 amide bonds. The van der Waals surface area contributed by atoms with E-state index in [2.05, 4.69) is 24.3 Å². The van der Waals surface area contributed by atoms with Gasteiger partial charge in [0, 0.05) is 23.8 Å². The minimum absolute atomic E-state index is 0.0929. The Morgan fingerprint density at radius 3 is 2.62 bits per heavy atom. The molecule has 1 N–H and O–H groups in total. The molecule has 112 valence electrons. The largest absolute Gasteiger partial charge is 0.383 e. The third kappa shape index (κ3) is 3.14. The minimum Gasteiger partial charge on any atom is -0.383 e. The molecule has 0 saturated heterocycles. The third-order valence-corrected chi connectivity index (χ3v) is 4.42. The van der Waals surface area contributed by atoms with E-state index in [0.29, 0.717) is 0 Å². The van der Waals surface area contributed by atoms with E-state index in [1.807, 2.05) is 6.07 Å². The van der Waals surface area contributed by atoms with Crippen LogP contribution < -0.4 is 5.32 Å². The van der Waals surface area contributed by atoms with Crippen LogP contribution in [-0.2, 0) is 0 Å². The van der Waals surface area contributed by atoms with E-state index >= 15 is 0 Å². The van der Waals surface area contributed by atoms with Gasteiger partial charge in [-0.15, -0.1) is 0 Å². The molecule has 0 heterocycles. The summed E-state index contributed by atoms with van der Waals surface area (Å²) in [4.78, 5) is 12.6. The maximum atomic E-state index is 10.8. The Balaban J connectivity index is 2.14. The van der Waals surface area contributed by atoms with Crippen molar-refractivity contribution in [2.45, 2.75) is 31.2 Å². The number of benzene rings is 1. The fourth-order valence-electron chi connectivity index (χ4n) is 2.98. The Labute approximate surface area is 124 Å². The maximum Gasteiger partial charge on any atom is 0.287 e. The predicted octanol–water partition coefficient (Wildman–Crippen LogP) is 2.75. The standard InChI is InChI=1S/C15H20N4O2/c1-18(2)15(7-3-4-8-15)11-17-13-5-6-14(19(20)21)12(9-13)10-16/h5-6,9,17H,3-4,7-8,11H2,1-2H3. The molecular formula is C15H20N4O2. The van der Waals surface area contributed by atoms with Crippen molar-refractivity contribution in [2.24, 2.45) is 0 Å². The van der Waals surface area contributed by atoms with E-state index in [1.54, 1.807) is 12.1 Å². The van der Waals surface area contributed by atoms with Gasteiger partial charge in [-0.3, -0.25) is 10.1 Å². The molecule has 1 aromatic carbocycles. The molecule has 0 aromatic heterocycles. The van der Waals surface area contributed by atoms with Crippen molar-refractivity contribution in [1.82, 2.24) is 4.90 Å². The molecule has 0 atom stereocenters. The molecule has 0 bridgehead atoms. The summed E-state index contributed by atoms with van der Waals surface area (Å²) >= 11 is 0. The van der Waals surface area contributed by atoms with Gasteiger partial charge in [0.1, 0.15) is 11.6 Å². The van der Waals surface area contributed by atoms with Crippen LogP contribution in [0.2, 0.25) is 0 Å². The fourth-order valence-corrected chi connectivity index (χ4v) is 2.98. The zero-order chi connectivity index (χ0) is 15.5. The maximum absolute atomic E-state index is 10.8. The van der Waals surface area contributed by atoms with Crippen LogP contribution in [0.25, 0.3) is 0 Å². The molecule has 2 rings (SSSR count). The lowest BCUT2D eigenvalue weighted by Gasteiger charge is -2.36. The highest BCUT2D eigenvalue weighted by molar-refractivity contribution is 5.58. The second-order valence-corrected chi connectivity index (χ2v) is 5.78. The second kappa shape index (κ2) is 6.10. The second-order valence-electron chi connectivity index (χ2n) is 5.78. The van der Waals surface area contributed by atoms with Crippen LogP contribution in [-0.4, -0.2) is 36.0 Å². The molecule has 1 fully saturated rings. The molecule has 1 aliphatic rings. The number of nitro groups is 1. The topological polar surface area (TPSA) is 82.2 Å². The van der Waals surface area contributed by atoms with E-state index in [0.717, 1.165) is 25.1 Å². The van der Waals surface area contributed by atoms with Crippen molar-refractivity contribution in [3.8, 4) is 6.07 Å². The van der Waals surface area contributed by atoms with Gasteiger partial charge in [0.25, 0.3) is 5.69 Å². The molecule has 1 saturated carbocycles. The van der Waals surface area contributed by atoms with Crippen molar-refractivity contribution in [3.63, 3.8) is 0 Å². The molecule has 0 spiro atoms. The SMILES string of the molecule is CN(C)C1(CNc2ccc([N+](=O)[O-])c(C#N)c2)CCCC1. The number of nitro benzene ring substituents is 1. The van der Waals surface area contributed by atoms with Crippen molar-refractivity contribution < 1.29 is 4.92 Å². The molecule has 1 aromatic rings. The Hall–Kier alpha value is -2.13. The lowest BCUT2D eigenvalue weighted by molar-refractivity contribution is -0.385. The first-order valence-corrected chi connectivity index (χ1v) is 7.08. The van der Waals surface area contributed by atoms with Gasteiger partial charge >= 0.3 is 0 Å². The van der Waals surface area contributed by atoms with Gasteiger partial charge in [-0.1, -0.05) is 12.8 Å². The average Bonchev–Trinajstić information content (AvgIpc) is 2.94. The summed E-state index contributed by atoms with van der Waals surface area (Å²) in [5.41, 5.74) is 0.834. The zero-order valence-electron chi connectivity index (χ0n) is 12.4. The number of likely N-dealkylation sites (N-methyl/N-ethyl adjacent to an activating group) is 1. The monoisotopic (exact) mass is 288 g/mol. The van der Waals surface area contributed by atoms with Gasteiger partial charge in [0.05, 0.1) is 4.92 Å². The number of hydrogen-bond acceptors (Lipinski definition) is 5. The highest BCUT2D eigenvalue weighted by Gasteiger charge is 2.35. The summed E-state index contributed by atoms with van der Waals surface area (Å²) in [6, 6.07) is 6.49. The molecule has 6 nitrogen and oxygen atoms in total. The first-order chi connectivity index (χ1) is 9.98. The van der Waals surface area contributed by atoms with Crippen molar-refractivity contribution >= 4 is 11.4 Å². The van der Waals surface area contributed by atoms with Gasteiger partial charge in [0.2, 0.25) is 0 Å². The van der Waals surface area contributed by atoms with Crippen LogP contribution in [0, 0.1) is 21.4 Å². The summed E-state index contributed by atoms with van der Waals surface area (Å²) in [6.07, 6.45) is 4.74. The summed E-state index contributed by atoms with van der Waals surface area (Å²) in [5.74, 6) is 0. The first-order valence-electron chi connectivity index (χ1n) is 7.08. The van der Waals surface area contributed by atoms with Crippen molar-refractivity contribution in [3.05, 3.63) is 33.9 Å². The molecule has 0 radical (unpaired) electrons. The first kappa shape index (κ1) is 15.3. The van der Waals surface area contributed by atoms with Crippen LogP contribution in [0.5, 0.6) is 0 Å². The Morgan fingerprint density at radius 2 is 2.10 bits per heavy atom. The van der Waals surface area contributed by atoms with Crippen LogP contribution in [0.1, 0.15) is 31.2 Å². The summed E-state index contributed by atoms with van der Waals surface area (Å²) in [7, 11) is 4.17. The zero-order valence-corrected chi connectivity index (χ0v) is 12.4. The van der Waals surface area contributed by atoms with Crippen LogP contribution in [0.15, 0.2) is 18.2 Å². The van der Waals surface area contributed by atoms with Crippen LogP contribution >= 0.6 is 0 Å². The third-order valence-electron chi connectivity index (χ3n) is 4.42. The lowest BCUT2D eigenvalue weighted by Crippen LogP contribution is -2.47. The van der Waals surface area contributed by atoms with Crippen LogP contribution in [0.3, 0.4) is 0 Å². The summed E-state index contributed by atoms with van der Waals surface area (Å²) < 4.78 is 0. The van der Waals surface area contributed by atoms with E-state index < -0.39 is 4.92 Å². The van der Waals surface area contributed by atoms with Crippen molar-refractivity contribution in [2.75, 3.05) is 26.0 Å². The number of rotatable bonds is 5. The van der Waals surface area contributed by atoms with E-state index in [9.17, 15) is 10.1 Å². The Bertz CT molecular complexity index is 572. The van der Waals surface area contributed by atoms with E-state index in [1.165, 1.54) is 18.9 Å². The molecule has 1 aliphatic carbocycles. The van der Waals surface area contributed by atoms with E-state index in [-0.39, 0.29) is 16.8 Å². The highest BCUT2D eigenvalue weighted by atomic mass is 16.6. The van der Waals surface area contributed by atoms with E-state index in [4.69, 9.17) is 5.26 Å². The van der Waals surface area contributed by atoms with Gasteiger partial charge in [-0.2, -0.15) is 5.26 Å². The normalized spacial score (nSPS) is 16.7. The summed E-state index contributed by atoms with van der Waals surface area (Å²) in [6.45, 7) is 0.780. The minimum atomic E-state index is -0.527. The van der Waals surface area contributed by atoms with Gasteiger partial charge in [0.15, 0.2) is 0 Å². The highest BCUT2D eigenvalue weighted by Crippen LogP contribution is 2.34. The number of nitrogens with one attached hydrogen (secondary N) is 1. The quantitative estimate of drug-likeness (QED) is 0.665. The average molecular weight is 288 g/mol. The lowest BCUT2D eigenvalue weighted by atomic mass is 9.96. The fraction of sp³-hybridized carbons (Fsp3) is 0.533. The van der Waals surface area contributed by atoms with Gasteiger partial charge in [-0.05, 0) is 39.1 Å². The number of anilines is 1. The van der Waals surface area contributed by atoms with Crippen LogP contribution in [0.4, 0.5) is 11.4 Å². The molecular weight excluding hydrogens is 268 g/mol. The Morgan fingerprint density at radius 1 is 1.43 bits per heavy atom. The Kier molecular flexibility index (Phi) is 4.43. The predicted molar refractivity (Wildman–Crippen MR) is 81.2 cm³/mol. The number of nitriles is 1. The number of hydrogen-bond donors (Lipinski definition) is 1. The molecule has 0 aliphatic heterocycles. The molecule has 21 heavy (non-hydrogen) atoms. The molecule has 0 unspecified atom stereocenters. The van der Waals surface area contributed by atoms with Crippen molar-refractivity contribution in [1.29, 1.82) is 5.26 Å². The molecule has 6 heteroatoms. The van der Waals surface area contributed by atoms with Gasteiger partial charge < -0.3 is 10.2 Å². The summed E-state index contributed by atoms with van der Waals surface area (Å²) in [5, 5.41) is 23.2. The van der Waals surface area contributed by atoms with Gasteiger partial charge in [-0.25, -0.2) is 0 Å².